The molecule has 0 aliphatic carbocycles. The minimum atomic E-state index is -0.263. The molecule has 3 N–H and O–H groups in total. The van der Waals surface area contributed by atoms with Crippen LogP contribution in [-0.4, -0.2) is 30.8 Å². The van der Waals surface area contributed by atoms with Gasteiger partial charge in [0.05, 0.1) is 6.54 Å². The van der Waals surface area contributed by atoms with Gasteiger partial charge in [-0.2, -0.15) is 0 Å². The van der Waals surface area contributed by atoms with Crippen molar-refractivity contribution in [3.63, 3.8) is 0 Å². The highest BCUT2D eigenvalue weighted by Gasteiger charge is 2.25. The zero-order chi connectivity index (χ0) is 18.0. The third-order valence-corrected chi connectivity index (χ3v) is 5.03. The molecule has 0 aromatic heterocycles. The lowest BCUT2D eigenvalue weighted by atomic mass is 9.79. The quantitative estimate of drug-likeness (QED) is 0.251. The summed E-state index contributed by atoms with van der Waals surface area (Å²) in [5.74, 6) is 0.407. The van der Waals surface area contributed by atoms with E-state index in [2.05, 4.69) is 45.4 Å². The second kappa shape index (κ2) is 12.9. The minimum absolute atomic E-state index is 0. The number of hydrogen-bond acceptors (Lipinski definition) is 2. The molecule has 0 heterocycles. The SMILES string of the molecule is CCNC(=NCc1ccc(Br)cc1F)NCC(CC)(CC)CCO.I. The van der Waals surface area contributed by atoms with Crippen LogP contribution in [0.1, 0.15) is 45.6 Å². The molecule has 25 heavy (non-hydrogen) atoms. The van der Waals surface area contributed by atoms with E-state index in [9.17, 15) is 9.50 Å². The molecule has 0 radical (unpaired) electrons. The van der Waals surface area contributed by atoms with E-state index in [0.29, 0.717) is 11.5 Å². The van der Waals surface area contributed by atoms with E-state index >= 15 is 0 Å². The van der Waals surface area contributed by atoms with E-state index < -0.39 is 0 Å². The number of nitrogens with zero attached hydrogens (tertiary/aromatic N) is 1. The summed E-state index contributed by atoms with van der Waals surface area (Å²) in [6, 6.07) is 5.00. The van der Waals surface area contributed by atoms with Gasteiger partial charge in [-0.25, -0.2) is 9.38 Å². The van der Waals surface area contributed by atoms with Crippen LogP contribution < -0.4 is 10.6 Å². The van der Waals surface area contributed by atoms with Gasteiger partial charge in [0.1, 0.15) is 5.82 Å². The molecule has 0 unspecified atom stereocenters. The van der Waals surface area contributed by atoms with Crippen LogP contribution in [0.15, 0.2) is 27.7 Å². The Bertz CT molecular complexity index is 539. The Morgan fingerprint density at radius 1 is 1.24 bits per heavy atom. The predicted molar refractivity (Wildman–Crippen MR) is 117 cm³/mol. The van der Waals surface area contributed by atoms with Gasteiger partial charge in [-0.1, -0.05) is 35.8 Å². The molecule has 1 aromatic rings. The Morgan fingerprint density at radius 3 is 2.44 bits per heavy atom. The Hall–Kier alpha value is -0.410. The van der Waals surface area contributed by atoms with Gasteiger partial charge < -0.3 is 15.7 Å². The molecular formula is C18H30BrFIN3O. The van der Waals surface area contributed by atoms with Crippen molar-refractivity contribution in [2.45, 2.75) is 46.6 Å². The van der Waals surface area contributed by atoms with Crippen LogP contribution in [-0.2, 0) is 6.54 Å². The monoisotopic (exact) mass is 529 g/mol. The number of guanidine groups is 1. The number of hydrogen-bond donors (Lipinski definition) is 3. The topological polar surface area (TPSA) is 56.7 Å². The van der Waals surface area contributed by atoms with Gasteiger partial charge in [-0.3, -0.25) is 0 Å². The van der Waals surface area contributed by atoms with Crippen molar-refractivity contribution in [3.8, 4) is 0 Å². The van der Waals surface area contributed by atoms with Crippen molar-refractivity contribution in [1.29, 1.82) is 0 Å². The molecule has 1 rings (SSSR count). The van der Waals surface area contributed by atoms with Gasteiger partial charge in [0, 0.05) is 29.7 Å². The van der Waals surface area contributed by atoms with Crippen LogP contribution in [0, 0.1) is 11.2 Å². The Labute approximate surface area is 176 Å². The number of nitrogens with one attached hydrogen (secondary N) is 2. The molecule has 0 saturated carbocycles. The highest BCUT2D eigenvalue weighted by atomic mass is 127. The molecule has 0 aliphatic rings. The van der Waals surface area contributed by atoms with Crippen molar-refractivity contribution in [2.75, 3.05) is 19.7 Å². The van der Waals surface area contributed by atoms with Crippen LogP contribution in [0.2, 0.25) is 0 Å². The van der Waals surface area contributed by atoms with Crippen molar-refractivity contribution < 1.29 is 9.50 Å². The highest BCUT2D eigenvalue weighted by molar-refractivity contribution is 14.0. The molecule has 7 heteroatoms. The molecule has 0 atom stereocenters. The van der Waals surface area contributed by atoms with Crippen molar-refractivity contribution >= 4 is 45.9 Å². The molecule has 0 amide bonds. The molecule has 0 aliphatic heterocycles. The van der Waals surface area contributed by atoms with Gasteiger partial charge >= 0.3 is 0 Å². The summed E-state index contributed by atoms with van der Waals surface area (Å²) < 4.78 is 14.6. The van der Waals surface area contributed by atoms with E-state index in [1.54, 1.807) is 6.07 Å². The first-order valence-corrected chi connectivity index (χ1v) is 9.36. The normalized spacial score (nSPS) is 11.8. The van der Waals surface area contributed by atoms with E-state index in [1.165, 1.54) is 6.07 Å². The summed E-state index contributed by atoms with van der Waals surface area (Å²) in [5.41, 5.74) is 0.608. The van der Waals surface area contributed by atoms with Crippen molar-refractivity contribution in [1.82, 2.24) is 10.6 Å². The maximum Gasteiger partial charge on any atom is 0.191 e. The molecular weight excluding hydrogens is 500 g/mol. The molecule has 144 valence electrons. The number of rotatable bonds is 9. The standard InChI is InChI=1S/C18H29BrFN3O.HI/c1-4-18(5-2,9-10-24)13-23-17(21-6-3)22-12-14-7-8-15(19)11-16(14)20;/h7-8,11,24H,4-6,9-10,12-13H2,1-3H3,(H2,21,22,23);1H. The number of aliphatic imine (C=N–C) groups is 1. The third kappa shape index (κ3) is 8.21. The number of aliphatic hydroxyl groups is 1. The highest BCUT2D eigenvalue weighted by Crippen LogP contribution is 2.29. The summed E-state index contributed by atoms with van der Waals surface area (Å²) in [4.78, 5) is 4.48. The molecule has 0 spiro atoms. The minimum Gasteiger partial charge on any atom is -0.396 e. The zero-order valence-electron chi connectivity index (χ0n) is 15.2. The first kappa shape index (κ1) is 24.6. The second-order valence-electron chi connectivity index (χ2n) is 5.97. The smallest absolute Gasteiger partial charge is 0.191 e. The van der Waals surface area contributed by atoms with Gasteiger partial charge in [0.15, 0.2) is 5.96 Å². The molecule has 0 saturated heterocycles. The van der Waals surface area contributed by atoms with E-state index in [1.807, 2.05) is 13.0 Å². The average molecular weight is 530 g/mol. The fourth-order valence-electron chi connectivity index (χ4n) is 2.61. The number of aliphatic hydroxyl groups excluding tert-OH is 1. The lowest BCUT2D eigenvalue weighted by molar-refractivity contribution is 0.169. The van der Waals surface area contributed by atoms with Crippen LogP contribution in [0.3, 0.4) is 0 Å². The van der Waals surface area contributed by atoms with Crippen molar-refractivity contribution in [3.05, 3.63) is 34.1 Å². The van der Waals surface area contributed by atoms with Gasteiger partial charge in [0.25, 0.3) is 0 Å². The second-order valence-corrected chi connectivity index (χ2v) is 6.88. The van der Waals surface area contributed by atoms with Gasteiger partial charge in [0.2, 0.25) is 0 Å². The van der Waals surface area contributed by atoms with Gasteiger partial charge in [-0.05, 0) is 43.7 Å². The van der Waals surface area contributed by atoms with E-state index in [-0.39, 0.29) is 48.4 Å². The Kier molecular flexibility index (Phi) is 12.7. The summed E-state index contributed by atoms with van der Waals surface area (Å²) in [6.45, 7) is 8.21. The van der Waals surface area contributed by atoms with Crippen LogP contribution in [0.5, 0.6) is 0 Å². The Balaban J connectivity index is 0.00000576. The van der Waals surface area contributed by atoms with E-state index in [0.717, 1.165) is 36.8 Å². The molecule has 4 nitrogen and oxygen atoms in total. The molecule has 0 fully saturated rings. The first-order chi connectivity index (χ1) is 11.5. The predicted octanol–water partition coefficient (Wildman–Crippen LogP) is 4.45. The summed E-state index contributed by atoms with van der Waals surface area (Å²) >= 11 is 3.26. The van der Waals surface area contributed by atoms with Crippen LogP contribution >= 0.6 is 39.9 Å². The van der Waals surface area contributed by atoms with Crippen LogP contribution in [0.4, 0.5) is 4.39 Å². The fraction of sp³-hybridized carbons (Fsp3) is 0.611. The van der Waals surface area contributed by atoms with Crippen LogP contribution in [0.25, 0.3) is 0 Å². The lowest BCUT2D eigenvalue weighted by Gasteiger charge is -2.32. The fourth-order valence-corrected chi connectivity index (χ4v) is 2.94. The lowest BCUT2D eigenvalue weighted by Crippen LogP contribution is -2.43. The number of halogens is 3. The van der Waals surface area contributed by atoms with E-state index in [4.69, 9.17) is 0 Å². The Morgan fingerprint density at radius 2 is 1.92 bits per heavy atom. The maximum atomic E-state index is 13.9. The number of benzene rings is 1. The summed E-state index contributed by atoms with van der Waals surface area (Å²) in [5, 5.41) is 15.9. The largest absolute Gasteiger partial charge is 0.396 e. The van der Waals surface area contributed by atoms with Gasteiger partial charge in [-0.15, -0.1) is 24.0 Å². The van der Waals surface area contributed by atoms with Crippen molar-refractivity contribution in [2.24, 2.45) is 10.4 Å². The third-order valence-electron chi connectivity index (χ3n) is 4.54. The summed E-state index contributed by atoms with van der Waals surface area (Å²) in [7, 11) is 0. The maximum absolute atomic E-state index is 13.9. The first-order valence-electron chi connectivity index (χ1n) is 8.57. The summed E-state index contributed by atoms with van der Waals surface area (Å²) in [6.07, 6.45) is 2.73. The molecule has 1 aromatic carbocycles. The molecule has 0 bridgehead atoms. The average Bonchev–Trinajstić information content (AvgIpc) is 2.57. The zero-order valence-corrected chi connectivity index (χ0v) is 19.2.